The molecule has 1 unspecified atom stereocenters. The number of anilines is 1. The largest absolute Gasteiger partial charge is 0.362 e. The van der Waals surface area contributed by atoms with Crippen LogP contribution in [0.25, 0.3) is 10.8 Å². The molecule has 0 fully saturated rings. The van der Waals surface area contributed by atoms with E-state index < -0.39 is 0 Å². The average molecular weight is 267 g/mol. The summed E-state index contributed by atoms with van der Waals surface area (Å²) in [5.74, 6) is 0. The van der Waals surface area contributed by atoms with E-state index in [0.29, 0.717) is 5.69 Å². The van der Waals surface area contributed by atoms with Gasteiger partial charge in [0.15, 0.2) is 0 Å². The van der Waals surface area contributed by atoms with Crippen LogP contribution in [-0.2, 0) is 4.79 Å². The maximum absolute atomic E-state index is 11.2. The van der Waals surface area contributed by atoms with Crippen molar-refractivity contribution in [3.8, 4) is 6.07 Å². The van der Waals surface area contributed by atoms with E-state index in [1.807, 2.05) is 38.1 Å². The number of carbonyl (C=O) groups excluding carboxylic acids is 1. The van der Waals surface area contributed by atoms with Gasteiger partial charge in [-0.3, -0.25) is 0 Å². The molecule has 0 N–H and O–H groups in total. The molecule has 0 aliphatic rings. The Hall–Kier alpha value is -2.41. The fourth-order valence-electron chi connectivity index (χ4n) is 2.43. The fraction of sp³-hybridized carbons (Fsp3) is 0.312. The van der Waals surface area contributed by atoms with Crippen molar-refractivity contribution < 1.29 is 4.79 Å². The molecule has 2 aromatic rings. The lowest BCUT2D eigenvalue weighted by molar-refractivity contribution is -0.109. The quantitative estimate of drug-likeness (QED) is 0.782. The molecular formula is C16H17N3O. The summed E-state index contributed by atoms with van der Waals surface area (Å²) in [6.45, 7) is 4.79. The Balaban J connectivity index is 2.51. The topological polar surface area (TPSA) is 57.0 Å². The van der Waals surface area contributed by atoms with E-state index >= 15 is 0 Å². The van der Waals surface area contributed by atoms with Crippen LogP contribution in [0.3, 0.4) is 0 Å². The standard InChI is InChI=1S/C16H17N3O/c1-3-13(11-20)19(4-2)14-5-6-15-12(9-14)7-8-18-16(15)10-17/h5-9,11,13H,3-4H2,1-2H3. The van der Waals surface area contributed by atoms with E-state index in [1.54, 1.807) is 6.20 Å². The highest BCUT2D eigenvalue weighted by molar-refractivity contribution is 5.89. The number of likely N-dealkylation sites (N-methyl/N-ethyl adjacent to an activating group) is 1. The Morgan fingerprint density at radius 1 is 1.40 bits per heavy atom. The molecule has 0 aliphatic carbocycles. The molecule has 2 rings (SSSR count). The van der Waals surface area contributed by atoms with Gasteiger partial charge in [0.2, 0.25) is 0 Å². The number of benzene rings is 1. The molecule has 1 aromatic heterocycles. The molecular weight excluding hydrogens is 250 g/mol. The van der Waals surface area contributed by atoms with Crippen LogP contribution >= 0.6 is 0 Å². The number of aromatic nitrogens is 1. The predicted molar refractivity (Wildman–Crippen MR) is 79.6 cm³/mol. The third kappa shape index (κ3) is 2.48. The molecule has 4 heteroatoms. The highest BCUT2D eigenvalue weighted by Crippen LogP contribution is 2.25. The first-order chi connectivity index (χ1) is 9.74. The lowest BCUT2D eigenvalue weighted by atomic mass is 10.1. The molecule has 1 atom stereocenters. The zero-order chi connectivity index (χ0) is 14.5. The smallest absolute Gasteiger partial charge is 0.148 e. The lowest BCUT2D eigenvalue weighted by Crippen LogP contribution is -2.35. The van der Waals surface area contributed by atoms with E-state index in [9.17, 15) is 4.79 Å². The third-order valence-corrected chi connectivity index (χ3v) is 3.50. The zero-order valence-electron chi connectivity index (χ0n) is 11.7. The summed E-state index contributed by atoms with van der Waals surface area (Å²) in [7, 11) is 0. The lowest BCUT2D eigenvalue weighted by Gasteiger charge is -2.28. The van der Waals surface area contributed by atoms with Crippen molar-refractivity contribution in [3.63, 3.8) is 0 Å². The van der Waals surface area contributed by atoms with E-state index in [0.717, 1.165) is 35.7 Å². The maximum atomic E-state index is 11.2. The van der Waals surface area contributed by atoms with Crippen LogP contribution in [0.15, 0.2) is 30.5 Å². The van der Waals surface area contributed by atoms with Gasteiger partial charge in [-0.1, -0.05) is 6.92 Å². The monoisotopic (exact) mass is 267 g/mol. The molecule has 4 nitrogen and oxygen atoms in total. The Morgan fingerprint density at radius 2 is 2.20 bits per heavy atom. The maximum Gasteiger partial charge on any atom is 0.148 e. The van der Waals surface area contributed by atoms with Gasteiger partial charge >= 0.3 is 0 Å². The van der Waals surface area contributed by atoms with Crippen molar-refractivity contribution in [2.75, 3.05) is 11.4 Å². The van der Waals surface area contributed by atoms with Gasteiger partial charge < -0.3 is 9.69 Å². The van der Waals surface area contributed by atoms with Crippen LogP contribution in [0.1, 0.15) is 26.0 Å². The summed E-state index contributed by atoms with van der Waals surface area (Å²) >= 11 is 0. The Labute approximate surface area is 118 Å². The number of rotatable bonds is 5. The minimum absolute atomic E-state index is 0.116. The first-order valence-electron chi connectivity index (χ1n) is 6.75. The van der Waals surface area contributed by atoms with E-state index in [4.69, 9.17) is 5.26 Å². The molecule has 0 bridgehead atoms. The van der Waals surface area contributed by atoms with Gasteiger partial charge in [0.05, 0.1) is 6.04 Å². The van der Waals surface area contributed by atoms with Crippen LogP contribution in [0, 0.1) is 11.3 Å². The molecule has 0 saturated carbocycles. The zero-order valence-corrected chi connectivity index (χ0v) is 11.7. The van der Waals surface area contributed by atoms with Crippen LogP contribution in [0.2, 0.25) is 0 Å². The minimum atomic E-state index is -0.116. The van der Waals surface area contributed by atoms with Gasteiger partial charge in [0, 0.05) is 23.8 Å². The first-order valence-corrected chi connectivity index (χ1v) is 6.75. The second-order valence-corrected chi connectivity index (χ2v) is 4.57. The van der Waals surface area contributed by atoms with Crippen LogP contribution in [0.4, 0.5) is 5.69 Å². The third-order valence-electron chi connectivity index (χ3n) is 3.50. The van der Waals surface area contributed by atoms with Crippen molar-refractivity contribution in [2.45, 2.75) is 26.3 Å². The Morgan fingerprint density at radius 3 is 2.80 bits per heavy atom. The van der Waals surface area contributed by atoms with Crippen LogP contribution in [0.5, 0.6) is 0 Å². The van der Waals surface area contributed by atoms with Crippen molar-refractivity contribution >= 4 is 22.7 Å². The number of aldehydes is 1. The molecule has 0 radical (unpaired) electrons. The molecule has 102 valence electrons. The molecule has 1 heterocycles. The van der Waals surface area contributed by atoms with Crippen LogP contribution in [-0.4, -0.2) is 23.9 Å². The first kappa shape index (κ1) is 14.0. The summed E-state index contributed by atoms with van der Waals surface area (Å²) in [5.41, 5.74) is 1.42. The van der Waals surface area contributed by atoms with Crippen molar-refractivity contribution in [2.24, 2.45) is 0 Å². The van der Waals surface area contributed by atoms with Crippen LogP contribution < -0.4 is 4.90 Å². The van der Waals surface area contributed by atoms with Crippen molar-refractivity contribution in [1.82, 2.24) is 4.98 Å². The molecule has 0 amide bonds. The van der Waals surface area contributed by atoms with Gasteiger partial charge in [-0.15, -0.1) is 0 Å². The Kier molecular flexibility index (Phi) is 4.31. The second-order valence-electron chi connectivity index (χ2n) is 4.57. The normalized spacial score (nSPS) is 11.8. The number of nitrogens with zero attached hydrogens (tertiary/aromatic N) is 3. The summed E-state index contributed by atoms with van der Waals surface area (Å²) in [6.07, 6.45) is 3.40. The SMILES string of the molecule is CCC(C=O)N(CC)c1ccc2c(C#N)nccc2c1. The summed E-state index contributed by atoms with van der Waals surface area (Å²) in [5, 5.41) is 10.9. The summed E-state index contributed by atoms with van der Waals surface area (Å²) in [4.78, 5) is 17.3. The fourth-order valence-corrected chi connectivity index (χ4v) is 2.43. The molecule has 0 spiro atoms. The molecule has 1 aromatic carbocycles. The predicted octanol–water partition coefficient (Wildman–Crippen LogP) is 2.91. The number of hydrogen-bond acceptors (Lipinski definition) is 4. The molecule has 0 aliphatic heterocycles. The van der Waals surface area contributed by atoms with Gasteiger partial charge in [0.1, 0.15) is 18.0 Å². The van der Waals surface area contributed by atoms with Crippen molar-refractivity contribution in [3.05, 3.63) is 36.2 Å². The summed E-state index contributed by atoms with van der Waals surface area (Å²) in [6, 6.07) is 9.72. The molecule has 0 saturated heterocycles. The van der Waals surface area contributed by atoms with Gasteiger partial charge in [-0.25, -0.2) is 4.98 Å². The highest BCUT2D eigenvalue weighted by atomic mass is 16.1. The number of pyridine rings is 1. The molecule has 20 heavy (non-hydrogen) atoms. The minimum Gasteiger partial charge on any atom is -0.362 e. The number of hydrogen-bond donors (Lipinski definition) is 0. The number of nitriles is 1. The van der Waals surface area contributed by atoms with E-state index in [1.165, 1.54) is 0 Å². The van der Waals surface area contributed by atoms with Crippen molar-refractivity contribution in [1.29, 1.82) is 5.26 Å². The Bertz CT molecular complexity index is 660. The van der Waals surface area contributed by atoms with Gasteiger partial charge in [-0.05, 0) is 43.0 Å². The number of carbonyl (C=O) groups is 1. The number of fused-ring (bicyclic) bond motifs is 1. The van der Waals surface area contributed by atoms with Gasteiger partial charge in [0.25, 0.3) is 0 Å². The average Bonchev–Trinajstić information content (AvgIpc) is 2.51. The van der Waals surface area contributed by atoms with E-state index in [2.05, 4.69) is 16.0 Å². The second kappa shape index (κ2) is 6.16. The van der Waals surface area contributed by atoms with E-state index in [-0.39, 0.29) is 6.04 Å². The summed E-state index contributed by atoms with van der Waals surface area (Å²) < 4.78 is 0. The highest BCUT2D eigenvalue weighted by Gasteiger charge is 2.15. The van der Waals surface area contributed by atoms with Gasteiger partial charge in [-0.2, -0.15) is 5.26 Å².